The zero-order chi connectivity index (χ0) is 20.7. The molecule has 4 aliphatic rings. The molecule has 1 amide bonds. The monoisotopic (exact) mass is 430 g/mol. The van der Waals surface area contributed by atoms with Gasteiger partial charge in [-0.2, -0.15) is 0 Å². The zero-order valence-electron chi connectivity index (χ0n) is 16.3. The van der Waals surface area contributed by atoms with Crippen LogP contribution in [0.1, 0.15) is 52.9 Å². The minimum atomic E-state index is -2.51. The summed E-state index contributed by atoms with van der Waals surface area (Å²) in [7, 11) is 0. The molecule has 6 rings (SSSR count). The predicted molar refractivity (Wildman–Crippen MR) is 108 cm³/mol. The molecule has 5 nitrogen and oxygen atoms in total. The molecule has 1 spiro atoms. The fourth-order valence-electron chi connectivity index (χ4n) is 5.83. The topological polar surface area (TPSA) is 58.1 Å². The molecule has 1 aromatic heterocycles. The van der Waals surface area contributed by atoms with Crippen LogP contribution in [0.25, 0.3) is 0 Å². The van der Waals surface area contributed by atoms with Crippen LogP contribution in [0, 0.1) is 5.41 Å². The van der Waals surface area contributed by atoms with Crippen LogP contribution in [0.15, 0.2) is 24.4 Å². The van der Waals surface area contributed by atoms with Gasteiger partial charge in [0.1, 0.15) is 0 Å². The van der Waals surface area contributed by atoms with E-state index in [9.17, 15) is 13.6 Å². The van der Waals surface area contributed by atoms with Crippen molar-refractivity contribution in [3.05, 3.63) is 51.8 Å². The first-order chi connectivity index (χ1) is 14.3. The van der Waals surface area contributed by atoms with E-state index in [1.807, 2.05) is 12.1 Å². The Bertz CT molecular complexity index is 1060. The van der Waals surface area contributed by atoms with Crippen molar-refractivity contribution in [2.75, 3.05) is 5.32 Å². The summed E-state index contributed by atoms with van der Waals surface area (Å²) in [6.07, 6.45) is 4.61. The number of benzene rings is 1. The summed E-state index contributed by atoms with van der Waals surface area (Å²) in [5.41, 5.74) is 3.52. The van der Waals surface area contributed by atoms with Crippen molar-refractivity contribution < 1.29 is 13.6 Å². The number of hydrogen-bond donors (Lipinski definition) is 1. The fraction of sp³-hybridized carbons (Fsp3) is 0.500. The van der Waals surface area contributed by atoms with Gasteiger partial charge in [-0.3, -0.25) is 4.79 Å². The summed E-state index contributed by atoms with van der Waals surface area (Å²) in [6, 6.07) is 6.19. The van der Waals surface area contributed by atoms with Crippen molar-refractivity contribution in [3.8, 4) is 0 Å². The van der Waals surface area contributed by atoms with E-state index in [1.54, 1.807) is 11.1 Å². The third-order valence-corrected chi connectivity index (χ3v) is 7.39. The second-order valence-electron chi connectivity index (χ2n) is 9.42. The van der Waals surface area contributed by atoms with E-state index < -0.39 is 5.92 Å². The van der Waals surface area contributed by atoms with Gasteiger partial charge < -0.3 is 10.2 Å². The molecular weight excluding hydrogens is 410 g/mol. The normalized spacial score (nSPS) is 25.6. The van der Waals surface area contributed by atoms with E-state index in [0.717, 1.165) is 23.6 Å². The molecule has 30 heavy (non-hydrogen) atoms. The largest absolute Gasteiger partial charge is 0.351 e. The summed E-state index contributed by atoms with van der Waals surface area (Å²) in [4.78, 5) is 23.5. The highest BCUT2D eigenvalue weighted by atomic mass is 35.5. The van der Waals surface area contributed by atoms with Gasteiger partial charge in [0.25, 0.3) is 5.91 Å². The number of carbonyl (C=O) groups excluding carboxylic acids is 1. The molecule has 1 atom stereocenters. The summed E-state index contributed by atoms with van der Waals surface area (Å²) in [5.74, 6) is -2.07. The van der Waals surface area contributed by atoms with Crippen LogP contribution < -0.4 is 5.32 Å². The maximum atomic E-state index is 13.3. The summed E-state index contributed by atoms with van der Waals surface area (Å²) < 4.78 is 26.5. The average molecular weight is 431 g/mol. The molecule has 156 valence electrons. The second-order valence-corrected chi connectivity index (χ2v) is 9.86. The second kappa shape index (κ2) is 6.13. The van der Waals surface area contributed by atoms with Crippen molar-refractivity contribution >= 4 is 23.5 Å². The van der Waals surface area contributed by atoms with Gasteiger partial charge in [0.15, 0.2) is 0 Å². The molecule has 2 heterocycles. The van der Waals surface area contributed by atoms with Crippen LogP contribution in [0.5, 0.6) is 0 Å². The summed E-state index contributed by atoms with van der Waals surface area (Å²) in [6.45, 7) is 0.434. The van der Waals surface area contributed by atoms with Crippen LogP contribution in [-0.4, -0.2) is 38.8 Å². The van der Waals surface area contributed by atoms with Gasteiger partial charge >= 0.3 is 0 Å². The lowest BCUT2D eigenvalue weighted by Crippen LogP contribution is -2.59. The van der Waals surface area contributed by atoms with Gasteiger partial charge in [-0.25, -0.2) is 18.7 Å². The number of amides is 1. The van der Waals surface area contributed by atoms with Crippen molar-refractivity contribution in [1.82, 2.24) is 14.9 Å². The van der Waals surface area contributed by atoms with Gasteiger partial charge in [-0.15, -0.1) is 0 Å². The molecule has 3 aliphatic carbocycles. The van der Waals surface area contributed by atoms with Crippen LogP contribution in [0.2, 0.25) is 5.02 Å². The fourth-order valence-corrected chi connectivity index (χ4v) is 6.03. The SMILES string of the molecule is O=C1c2cnc(NC3Cc4ccc(Cl)cc4C3)nc2CN1C1CC2(C1)CC(F)(F)C2. The number of aromatic nitrogens is 2. The van der Waals surface area contributed by atoms with E-state index >= 15 is 0 Å². The lowest BCUT2D eigenvalue weighted by molar-refractivity contribution is -0.206. The average Bonchev–Trinajstić information content (AvgIpc) is 3.17. The first-order valence-corrected chi connectivity index (χ1v) is 10.8. The van der Waals surface area contributed by atoms with Crippen molar-refractivity contribution in [3.63, 3.8) is 0 Å². The molecule has 2 saturated carbocycles. The molecule has 2 aromatic rings. The molecule has 0 radical (unpaired) electrons. The highest BCUT2D eigenvalue weighted by Gasteiger charge is 2.63. The highest BCUT2D eigenvalue weighted by molar-refractivity contribution is 6.30. The Morgan fingerprint density at radius 1 is 1.17 bits per heavy atom. The smallest absolute Gasteiger partial charge is 0.257 e. The quantitative estimate of drug-likeness (QED) is 0.791. The molecule has 0 bridgehead atoms. The van der Waals surface area contributed by atoms with E-state index in [4.69, 9.17) is 11.6 Å². The molecular formula is C22H21ClF2N4O. The van der Waals surface area contributed by atoms with E-state index in [2.05, 4.69) is 21.4 Å². The minimum Gasteiger partial charge on any atom is -0.351 e. The van der Waals surface area contributed by atoms with Crippen molar-refractivity contribution in [2.45, 2.75) is 63.1 Å². The number of hydrogen-bond acceptors (Lipinski definition) is 4. The summed E-state index contributed by atoms with van der Waals surface area (Å²) in [5, 5.41) is 4.13. The number of nitrogens with zero attached hydrogens (tertiary/aromatic N) is 3. The molecule has 8 heteroatoms. The van der Waals surface area contributed by atoms with Gasteiger partial charge in [-0.1, -0.05) is 17.7 Å². The Balaban J connectivity index is 1.12. The van der Waals surface area contributed by atoms with E-state index in [0.29, 0.717) is 30.9 Å². The third-order valence-electron chi connectivity index (χ3n) is 7.16. The molecule has 1 aromatic carbocycles. The minimum absolute atomic E-state index is 0.0334. The number of fused-ring (bicyclic) bond motifs is 2. The first kappa shape index (κ1) is 18.5. The lowest BCUT2D eigenvalue weighted by atomic mass is 9.52. The number of halogens is 3. The Morgan fingerprint density at radius 3 is 2.70 bits per heavy atom. The van der Waals surface area contributed by atoms with Crippen LogP contribution in [0.3, 0.4) is 0 Å². The molecule has 1 N–H and O–H groups in total. The molecule has 2 fully saturated rings. The van der Waals surface area contributed by atoms with Crippen molar-refractivity contribution in [1.29, 1.82) is 0 Å². The van der Waals surface area contributed by atoms with Gasteiger partial charge in [0.05, 0.1) is 17.8 Å². The van der Waals surface area contributed by atoms with Crippen LogP contribution >= 0.6 is 11.6 Å². The highest BCUT2D eigenvalue weighted by Crippen LogP contribution is 2.63. The Labute approximate surface area is 177 Å². The summed E-state index contributed by atoms with van der Waals surface area (Å²) >= 11 is 6.09. The predicted octanol–water partition coefficient (Wildman–Crippen LogP) is 4.24. The first-order valence-electron chi connectivity index (χ1n) is 10.4. The van der Waals surface area contributed by atoms with Gasteiger partial charge in [-0.05, 0) is 54.4 Å². The Morgan fingerprint density at radius 2 is 1.93 bits per heavy atom. The number of rotatable bonds is 3. The van der Waals surface area contributed by atoms with Crippen LogP contribution in [0.4, 0.5) is 14.7 Å². The molecule has 1 aliphatic heterocycles. The number of alkyl halides is 2. The number of nitrogens with one attached hydrogen (secondary N) is 1. The number of carbonyl (C=O) groups is 1. The zero-order valence-corrected chi connectivity index (χ0v) is 17.1. The standard InChI is InChI=1S/C22H21ClF2N4O/c23-14-2-1-12-4-15(5-13(12)3-14)27-20-26-8-17-18(28-20)9-29(19(17)30)16-6-21(7-16)10-22(24,25)11-21/h1-3,8,15-16H,4-7,9-11H2,(H,26,27,28). The van der Waals surface area contributed by atoms with Gasteiger partial charge in [0, 0.05) is 36.1 Å². The Hall–Kier alpha value is -2.28. The van der Waals surface area contributed by atoms with Crippen molar-refractivity contribution in [2.24, 2.45) is 5.41 Å². The van der Waals surface area contributed by atoms with Gasteiger partial charge in [0.2, 0.25) is 11.9 Å². The third kappa shape index (κ3) is 2.89. The lowest BCUT2D eigenvalue weighted by Gasteiger charge is -2.59. The molecule has 0 saturated heterocycles. The maximum absolute atomic E-state index is 13.3. The molecule has 1 unspecified atom stereocenters. The number of anilines is 1. The Kier molecular flexibility index (Phi) is 3.77. The maximum Gasteiger partial charge on any atom is 0.257 e. The van der Waals surface area contributed by atoms with Crippen LogP contribution in [-0.2, 0) is 19.4 Å². The van der Waals surface area contributed by atoms with E-state index in [1.165, 1.54) is 11.1 Å². The van der Waals surface area contributed by atoms with E-state index in [-0.39, 0.29) is 36.2 Å².